The average molecular weight is 848 g/mol. The number of nitrogens with one attached hydrogen (secondary N) is 2. The fourth-order valence-electron chi connectivity index (χ4n) is 7.52. The van der Waals surface area contributed by atoms with Crippen LogP contribution in [0.2, 0.25) is 0 Å². The van der Waals surface area contributed by atoms with Crippen LogP contribution in [0.5, 0.6) is 11.5 Å². The predicted octanol–water partition coefficient (Wildman–Crippen LogP) is 5.23. The lowest BCUT2D eigenvalue weighted by Crippen LogP contribution is -2.39. The van der Waals surface area contributed by atoms with Gasteiger partial charge in [-0.15, -0.1) is 0 Å². The number of aromatic nitrogens is 8. The number of primary amides is 1. The van der Waals surface area contributed by atoms with E-state index in [1.54, 1.807) is 63.5 Å². The molecule has 1 aliphatic rings. The van der Waals surface area contributed by atoms with Crippen LogP contribution in [-0.2, 0) is 35.7 Å². The SMILES string of the molecule is CCOC(=O)C1CC(Oc2cc(C(N)=O)cc3nc(NC(=O)c4cc(C)nn4CC)n(C/C=C/Cn4c(NC(=O)c5cc(C)nn5CC)nc5cc(C(C)=O)cc(OC)c54)c23)C1. The molecule has 19 heteroatoms. The number of hydrogen-bond acceptors (Lipinski definition) is 12. The van der Waals surface area contributed by atoms with Crippen LogP contribution in [0.3, 0.4) is 0 Å². The van der Waals surface area contributed by atoms with Gasteiger partial charge in [0.2, 0.25) is 17.8 Å². The summed E-state index contributed by atoms with van der Waals surface area (Å²) in [5, 5.41) is 14.7. The number of imidazole rings is 2. The number of carbonyl (C=O) groups is 5. The number of carbonyl (C=O) groups excluding carboxylic acids is 5. The molecule has 0 spiro atoms. The zero-order valence-corrected chi connectivity index (χ0v) is 35.6. The second-order valence-corrected chi connectivity index (χ2v) is 14.9. The Hall–Kier alpha value is -7.31. The largest absolute Gasteiger partial charge is 0.494 e. The number of methoxy groups -OCH3 is 1. The zero-order valence-electron chi connectivity index (χ0n) is 35.6. The standard InChI is InChI=1S/C43H49N11O8/c1-8-53-32(15-23(4)49-53)39(57)47-42-45-30-19-26(25(6)55)21-34(60-7)36(30)51(42)13-11-12-14-52-37-31(46-43(52)48-40(58)33-16-24(5)50-54(33)9-2)20-27(38(44)56)22-35(37)62-29-17-28(18-29)41(59)61-10-3/h11-12,15-16,19-22,28-29H,8-10,13-14,17-18H2,1-7H3,(H2,44,56)(H,45,47,57)(H,46,48,58)/b12-11+. The number of aryl methyl sites for hydroxylation is 4. The second kappa shape index (κ2) is 17.7. The van der Waals surface area contributed by atoms with Gasteiger partial charge in [-0.3, -0.25) is 44.0 Å². The number of rotatable bonds is 17. The highest BCUT2D eigenvalue weighted by molar-refractivity contribution is 6.05. The first-order valence-corrected chi connectivity index (χ1v) is 20.4. The molecule has 4 heterocycles. The van der Waals surface area contributed by atoms with E-state index in [0.717, 1.165) is 0 Å². The van der Waals surface area contributed by atoms with E-state index in [1.807, 2.05) is 26.0 Å². The second-order valence-electron chi connectivity index (χ2n) is 14.9. The number of allylic oxidation sites excluding steroid dienone is 2. The molecule has 7 rings (SSSR count). The van der Waals surface area contributed by atoms with Crippen molar-refractivity contribution in [3.05, 3.63) is 82.5 Å². The zero-order chi connectivity index (χ0) is 44.4. The lowest BCUT2D eigenvalue weighted by molar-refractivity contribution is -0.154. The fourth-order valence-corrected chi connectivity index (χ4v) is 7.52. The maximum atomic E-state index is 13.8. The van der Waals surface area contributed by atoms with Crippen LogP contribution in [0.15, 0.2) is 48.6 Å². The molecule has 6 aromatic rings. The third kappa shape index (κ3) is 8.50. The van der Waals surface area contributed by atoms with E-state index in [-0.39, 0.29) is 66.7 Å². The third-order valence-electron chi connectivity index (χ3n) is 10.6. The first kappa shape index (κ1) is 42.8. The molecule has 3 amide bonds. The molecule has 324 valence electrons. The highest BCUT2D eigenvalue weighted by atomic mass is 16.5. The van der Waals surface area contributed by atoms with Crippen LogP contribution < -0.4 is 25.8 Å². The highest BCUT2D eigenvalue weighted by Crippen LogP contribution is 2.37. The van der Waals surface area contributed by atoms with Gasteiger partial charge in [0.05, 0.1) is 42.1 Å². The van der Waals surface area contributed by atoms with E-state index in [0.29, 0.717) is 82.1 Å². The molecule has 0 aliphatic heterocycles. The van der Waals surface area contributed by atoms with Gasteiger partial charge < -0.3 is 29.1 Å². The molecule has 62 heavy (non-hydrogen) atoms. The number of Topliss-reactive ketones (excluding diaryl/α,β-unsaturated/α-hetero) is 1. The summed E-state index contributed by atoms with van der Waals surface area (Å²) in [5.41, 5.74) is 10.1. The van der Waals surface area contributed by atoms with Crippen molar-refractivity contribution in [1.82, 2.24) is 38.7 Å². The Balaban J connectivity index is 1.27. The molecular weight excluding hydrogens is 799 g/mol. The van der Waals surface area contributed by atoms with E-state index < -0.39 is 17.7 Å². The van der Waals surface area contributed by atoms with Gasteiger partial charge in [-0.2, -0.15) is 10.2 Å². The van der Waals surface area contributed by atoms with Gasteiger partial charge in [0.15, 0.2) is 5.78 Å². The quantitative estimate of drug-likeness (QED) is 0.0609. The van der Waals surface area contributed by atoms with E-state index in [1.165, 1.54) is 26.2 Å². The maximum Gasteiger partial charge on any atom is 0.309 e. The molecule has 1 fully saturated rings. The number of benzene rings is 2. The van der Waals surface area contributed by atoms with Crippen molar-refractivity contribution in [2.75, 3.05) is 24.4 Å². The number of ketones is 1. The maximum absolute atomic E-state index is 13.8. The average Bonchev–Trinajstić information content (AvgIpc) is 3.99. The summed E-state index contributed by atoms with van der Waals surface area (Å²) < 4.78 is 24.1. The molecule has 4 N–H and O–H groups in total. The molecule has 1 saturated carbocycles. The van der Waals surface area contributed by atoms with Gasteiger partial charge >= 0.3 is 5.97 Å². The van der Waals surface area contributed by atoms with Gasteiger partial charge in [0.25, 0.3) is 11.8 Å². The number of nitrogens with zero attached hydrogens (tertiary/aromatic N) is 8. The molecule has 1 aliphatic carbocycles. The van der Waals surface area contributed by atoms with E-state index in [4.69, 9.17) is 29.9 Å². The Labute approximate surface area is 356 Å². The molecule has 2 aromatic carbocycles. The number of hydrogen-bond donors (Lipinski definition) is 3. The van der Waals surface area contributed by atoms with Gasteiger partial charge in [-0.25, -0.2) is 9.97 Å². The van der Waals surface area contributed by atoms with E-state index >= 15 is 0 Å². The molecule has 0 radical (unpaired) electrons. The molecule has 0 bridgehead atoms. The fraction of sp³-hybridized carbons (Fsp3) is 0.372. The normalized spacial score (nSPS) is 14.9. The molecule has 0 unspecified atom stereocenters. The van der Waals surface area contributed by atoms with E-state index in [9.17, 15) is 24.0 Å². The Morgan fingerprint density at radius 1 is 0.758 bits per heavy atom. The summed E-state index contributed by atoms with van der Waals surface area (Å²) in [6, 6.07) is 9.71. The van der Waals surface area contributed by atoms with Crippen LogP contribution in [-0.4, -0.2) is 88.0 Å². The summed E-state index contributed by atoms with van der Waals surface area (Å²) in [7, 11) is 1.49. The van der Waals surface area contributed by atoms with Gasteiger partial charge in [0.1, 0.15) is 40.0 Å². The van der Waals surface area contributed by atoms with Crippen molar-refractivity contribution in [3.8, 4) is 11.5 Å². The van der Waals surface area contributed by atoms with Crippen LogP contribution in [0.1, 0.15) is 93.6 Å². The third-order valence-corrected chi connectivity index (χ3v) is 10.6. The Morgan fingerprint density at radius 3 is 1.73 bits per heavy atom. The Morgan fingerprint density at radius 2 is 1.26 bits per heavy atom. The van der Waals surface area contributed by atoms with Gasteiger partial charge in [0, 0.05) is 37.3 Å². The van der Waals surface area contributed by atoms with Crippen LogP contribution in [0, 0.1) is 19.8 Å². The minimum absolute atomic E-state index is 0.134. The summed E-state index contributed by atoms with van der Waals surface area (Å²) in [5.74, 6) is -1.34. The summed E-state index contributed by atoms with van der Waals surface area (Å²) in [6.07, 6.45) is 4.14. The first-order chi connectivity index (χ1) is 29.7. The van der Waals surface area contributed by atoms with Crippen molar-refractivity contribution in [2.45, 2.75) is 86.7 Å². The van der Waals surface area contributed by atoms with Crippen LogP contribution in [0.4, 0.5) is 11.9 Å². The lowest BCUT2D eigenvalue weighted by atomic mass is 9.82. The summed E-state index contributed by atoms with van der Waals surface area (Å²) in [4.78, 5) is 74.4. The predicted molar refractivity (Wildman–Crippen MR) is 229 cm³/mol. The topological polar surface area (TPSA) is 234 Å². The number of fused-ring (bicyclic) bond motifs is 2. The van der Waals surface area contributed by atoms with Crippen molar-refractivity contribution in [1.29, 1.82) is 0 Å². The molecule has 0 saturated heterocycles. The highest BCUT2D eigenvalue weighted by Gasteiger charge is 2.38. The van der Waals surface area contributed by atoms with Crippen LogP contribution in [0.25, 0.3) is 22.1 Å². The first-order valence-electron chi connectivity index (χ1n) is 20.4. The monoisotopic (exact) mass is 847 g/mol. The summed E-state index contributed by atoms with van der Waals surface area (Å²) in [6.45, 7) is 12.1. The summed E-state index contributed by atoms with van der Waals surface area (Å²) >= 11 is 0. The number of amides is 3. The smallest absolute Gasteiger partial charge is 0.309 e. The van der Waals surface area contributed by atoms with Gasteiger partial charge in [-0.05, 0) is 90.8 Å². The van der Waals surface area contributed by atoms with E-state index in [2.05, 4.69) is 20.8 Å². The minimum atomic E-state index is -0.701. The van der Waals surface area contributed by atoms with Crippen molar-refractivity contribution >= 4 is 63.4 Å². The molecule has 4 aromatic heterocycles. The molecule has 19 nitrogen and oxygen atoms in total. The van der Waals surface area contributed by atoms with Gasteiger partial charge in [-0.1, -0.05) is 12.2 Å². The number of ether oxygens (including phenoxy) is 3. The van der Waals surface area contributed by atoms with Crippen molar-refractivity contribution < 1.29 is 38.2 Å². The molecular formula is C43H49N11O8. The number of anilines is 2. The van der Waals surface area contributed by atoms with Crippen LogP contribution >= 0.6 is 0 Å². The van der Waals surface area contributed by atoms with Crippen molar-refractivity contribution in [2.24, 2.45) is 11.7 Å². The lowest BCUT2D eigenvalue weighted by Gasteiger charge is -2.33. The molecule has 0 atom stereocenters. The number of esters is 1. The minimum Gasteiger partial charge on any atom is -0.494 e. The Kier molecular flexibility index (Phi) is 12.2. The van der Waals surface area contributed by atoms with Crippen molar-refractivity contribution in [3.63, 3.8) is 0 Å². The Bertz CT molecular complexity index is 2770. The number of nitrogens with two attached hydrogens (primary N) is 1.